The molecule has 4 rings (SSSR count). The summed E-state index contributed by atoms with van der Waals surface area (Å²) in [5.74, 6) is -0.265. The van der Waals surface area contributed by atoms with Crippen LogP contribution in [0.1, 0.15) is 5.56 Å². The number of ether oxygens (including phenoxy) is 1. The van der Waals surface area contributed by atoms with Crippen molar-refractivity contribution in [1.29, 1.82) is 0 Å². The number of carbonyl (C=O) groups excluding carboxylic acids is 1. The first-order chi connectivity index (χ1) is 13.1. The minimum atomic E-state index is -0.265. The molecule has 0 bridgehead atoms. The largest absolute Gasteiger partial charge is 0.378 e. The van der Waals surface area contributed by atoms with Crippen molar-refractivity contribution >= 4 is 57.1 Å². The molecule has 0 aromatic heterocycles. The number of hydrogen-bond acceptors (Lipinski definition) is 4. The molecule has 4 nitrogen and oxygen atoms in total. The summed E-state index contributed by atoms with van der Waals surface area (Å²) < 4.78 is 6.06. The molecule has 7 heteroatoms. The van der Waals surface area contributed by atoms with E-state index in [2.05, 4.69) is 9.89 Å². The van der Waals surface area contributed by atoms with Gasteiger partial charge in [0, 0.05) is 24.2 Å². The lowest BCUT2D eigenvalue weighted by Crippen LogP contribution is -2.38. The number of dihydropyridines is 1. The van der Waals surface area contributed by atoms with Gasteiger partial charge in [0.1, 0.15) is 4.32 Å². The molecule has 1 aromatic carbocycles. The van der Waals surface area contributed by atoms with Crippen LogP contribution in [-0.4, -0.2) is 52.5 Å². The van der Waals surface area contributed by atoms with Crippen LogP contribution in [0.25, 0.3) is 5.57 Å². The number of morpholine rings is 1. The molecule has 1 unspecified atom stereocenters. The number of nitrogens with zero attached hydrogens (tertiary/aromatic N) is 2. The van der Waals surface area contributed by atoms with Gasteiger partial charge in [0.25, 0.3) is 5.91 Å². The number of thiocarbonyl (C=S) groups is 1. The molecule has 1 amide bonds. The van der Waals surface area contributed by atoms with Gasteiger partial charge in [-0.1, -0.05) is 66.5 Å². The van der Waals surface area contributed by atoms with Gasteiger partial charge in [0.05, 0.1) is 29.2 Å². The molecule has 2 heterocycles. The third-order valence-corrected chi connectivity index (χ3v) is 6.27. The van der Waals surface area contributed by atoms with E-state index in [1.54, 1.807) is 0 Å². The first kappa shape index (κ1) is 18.6. The maximum atomic E-state index is 12.9. The van der Waals surface area contributed by atoms with Crippen LogP contribution in [0.15, 0.2) is 64.0 Å². The van der Waals surface area contributed by atoms with Crippen molar-refractivity contribution < 1.29 is 9.53 Å². The number of aliphatic imine (C=N–C) groups is 1. The predicted octanol–water partition coefficient (Wildman–Crippen LogP) is 3.83. The summed E-state index contributed by atoms with van der Waals surface area (Å²) >= 11 is 13.3. The highest BCUT2D eigenvalue weighted by molar-refractivity contribution is 8.26. The number of allylic oxidation sites excluding steroid dienone is 5. The summed E-state index contributed by atoms with van der Waals surface area (Å²) in [6.07, 6.45) is 5.58. The van der Waals surface area contributed by atoms with Gasteiger partial charge in [-0.05, 0) is 11.6 Å². The number of benzene rings is 1. The number of fused-ring (bicyclic) bond motifs is 1. The molecule has 1 aromatic rings. The van der Waals surface area contributed by atoms with Crippen molar-refractivity contribution in [3.8, 4) is 0 Å². The zero-order valence-corrected chi connectivity index (χ0v) is 16.8. The Kier molecular flexibility index (Phi) is 5.59. The summed E-state index contributed by atoms with van der Waals surface area (Å²) in [4.78, 5) is 19.8. The second-order valence-corrected chi connectivity index (χ2v) is 8.37. The summed E-state index contributed by atoms with van der Waals surface area (Å²) in [5, 5.41) is -0.233. The van der Waals surface area contributed by atoms with Gasteiger partial charge < -0.3 is 9.64 Å². The molecule has 1 aliphatic carbocycles. The van der Waals surface area contributed by atoms with Crippen molar-refractivity contribution in [2.75, 3.05) is 26.3 Å². The SMILES string of the molecule is O=C1N=C2C=CC(Cl)C=C2C(c2ccccc2)=C1SC(=S)N1CCOCC1. The summed E-state index contributed by atoms with van der Waals surface area (Å²) in [6, 6.07) is 9.85. The fourth-order valence-corrected chi connectivity index (χ4v) is 4.74. The summed E-state index contributed by atoms with van der Waals surface area (Å²) in [6.45, 7) is 2.76. The molecule has 3 aliphatic rings. The van der Waals surface area contributed by atoms with Crippen LogP contribution in [0.4, 0.5) is 0 Å². The Hall–Kier alpha value is -1.73. The van der Waals surface area contributed by atoms with Crippen molar-refractivity contribution in [2.45, 2.75) is 5.38 Å². The van der Waals surface area contributed by atoms with Gasteiger partial charge in [-0.3, -0.25) is 4.79 Å². The van der Waals surface area contributed by atoms with Gasteiger partial charge in [-0.15, -0.1) is 11.6 Å². The summed E-state index contributed by atoms with van der Waals surface area (Å²) in [7, 11) is 0. The van der Waals surface area contributed by atoms with Crippen molar-refractivity contribution in [3.05, 3.63) is 64.6 Å². The van der Waals surface area contributed by atoms with E-state index in [0.29, 0.717) is 28.2 Å². The lowest BCUT2D eigenvalue weighted by molar-refractivity contribution is -0.113. The molecule has 1 atom stereocenters. The first-order valence-electron chi connectivity index (χ1n) is 8.65. The van der Waals surface area contributed by atoms with Crippen molar-refractivity contribution in [1.82, 2.24) is 4.90 Å². The van der Waals surface area contributed by atoms with E-state index >= 15 is 0 Å². The number of carbonyl (C=O) groups is 1. The zero-order chi connectivity index (χ0) is 18.8. The highest BCUT2D eigenvalue weighted by Gasteiger charge is 2.31. The molecule has 1 saturated heterocycles. The van der Waals surface area contributed by atoms with Crippen LogP contribution in [0.3, 0.4) is 0 Å². The minimum Gasteiger partial charge on any atom is -0.378 e. The Morgan fingerprint density at radius 1 is 1.26 bits per heavy atom. The normalized spacial score (nSPS) is 22.3. The van der Waals surface area contributed by atoms with Crippen LogP contribution in [0, 0.1) is 0 Å². The molecule has 0 spiro atoms. The van der Waals surface area contributed by atoms with Gasteiger partial charge in [-0.25, -0.2) is 4.99 Å². The number of thioether (sulfide) groups is 1. The van der Waals surface area contributed by atoms with E-state index in [9.17, 15) is 4.79 Å². The molecule has 27 heavy (non-hydrogen) atoms. The third kappa shape index (κ3) is 3.94. The van der Waals surface area contributed by atoms with E-state index in [-0.39, 0.29) is 11.3 Å². The molecule has 1 fully saturated rings. The maximum absolute atomic E-state index is 12.9. The Labute approximate surface area is 172 Å². The minimum absolute atomic E-state index is 0.233. The Morgan fingerprint density at radius 3 is 2.74 bits per heavy atom. The lowest BCUT2D eigenvalue weighted by Gasteiger charge is -2.30. The monoisotopic (exact) mass is 416 g/mol. The van der Waals surface area contributed by atoms with E-state index in [0.717, 1.165) is 29.8 Å². The standard InChI is InChI=1S/C20H17ClN2O2S2/c21-14-6-7-16-15(12-14)17(13-4-2-1-3-5-13)18(19(24)22-16)27-20(26)23-8-10-25-11-9-23/h1-7,12,14H,8-11H2. The number of amides is 1. The molecular weight excluding hydrogens is 400 g/mol. The van der Waals surface area contributed by atoms with Crippen LogP contribution < -0.4 is 0 Å². The molecule has 0 radical (unpaired) electrons. The van der Waals surface area contributed by atoms with E-state index in [1.807, 2.05) is 48.6 Å². The fourth-order valence-electron chi connectivity index (χ4n) is 3.16. The van der Waals surface area contributed by atoms with Gasteiger partial charge in [0.15, 0.2) is 0 Å². The Balaban J connectivity index is 1.76. The highest BCUT2D eigenvalue weighted by atomic mass is 35.5. The second kappa shape index (κ2) is 8.10. The number of alkyl halides is 1. The predicted molar refractivity (Wildman–Crippen MR) is 115 cm³/mol. The molecule has 0 saturated carbocycles. The quantitative estimate of drug-likeness (QED) is 0.541. The third-order valence-electron chi connectivity index (χ3n) is 4.47. The van der Waals surface area contributed by atoms with Gasteiger partial charge >= 0.3 is 0 Å². The van der Waals surface area contributed by atoms with Crippen LogP contribution in [0.5, 0.6) is 0 Å². The summed E-state index contributed by atoms with van der Waals surface area (Å²) in [5.41, 5.74) is 3.34. The average Bonchev–Trinajstić information content (AvgIpc) is 2.70. The topological polar surface area (TPSA) is 41.9 Å². The highest BCUT2D eigenvalue weighted by Crippen LogP contribution is 2.40. The van der Waals surface area contributed by atoms with Crippen LogP contribution in [-0.2, 0) is 9.53 Å². The zero-order valence-electron chi connectivity index (χ0n) is 14.4. The Bertz CT molecular complexity index is 900. The van der Waals surface area contributed by atoms with E-state index in [1.165, 1.54) is 11.8 Å². The van der Waals surface area contributed by atoms with Crippen LogP contribution in [0.2, 0.25) is 0 Å². The lowest BCUT2D eigenvalue weighted by atomic mass is 9.88. The van der Waals surface area contributed by atoms with Crippen molar-refractivity contribution in [2.24, 2.45) is 4.99 Å². The first-order valence-corrected chi connectivity index (χ1v) is 10.3. The van der Waals surface area contributed by atoms with E-state index in [4.69, 9.17) is 28.6 Å². The fraction of sp³-hybridized carbons (Fsp3) is 0.250. The maximum Gasteiger partial charge on any atom is 0.285 e. The second-order valence-electron chi connectivity index (χ2n) is 6.22. The van der Waals surface area contributed by atoms with Gasteiger partial charge in [0.2, 0.25) is 0 Å². The van der Waals surface area contributed by atoms with E-state index < -0.39 is 0 Å². The molecule has 138 valence electrons. The average molecular weight is 417 g/mol. The smallest absolute Gasteiger partial charge is 0.285 e. The van der Waals surface area contributed by atoms with Crippen LogP contribution >= 0.6 is 35.6 Å². The number of halogens is 1. The number of hydrogen-bond donors (Lipinski definition) is 0. The number of rotatable bonds is 2. The van der Waals surface area contributed by atoms with Gasteiger partial charge in [-0.2, -0.15) is 0 Å². The van der Waals surface area contributed by atoms with Crippen molar-refractivity contribution in [3.63, 3.8) is 0 Å². The molecular formula is C20H17ClN2O2S2. The molecule has 0 N–H and O–H groups in total. The Morgan fingerprint density at radius 2 is 2.00 bits per heavy atom. The molecule has 2 aliphatic heterocycles.